The van der Waals surface area contributed by atoms with Gasteiger partial charge in [-0.15, -0.1) is 0 Å². The number of carbonyl (C=O) groups is 2. The highest BCUT2D eigenvalue weighted by atomic mass is 16.2. The van der Waals surface area contributed by atoms with Crippen LogP contribution in [-0.2, 0) is 4.79 Å². The molecule has 0 bridgehead atoms. The normalized spacial score (nSPS) is 18.4. The fraction of sp³-hybridized carbons (Fsp3) is 0.462. The van der Waals surface area contributed by atoms with Gasteiger partial charge in [0.2, 0.25) is 5.91 Å². The lowest BCUT2D eigenvalue weighted by molar-refractivity contribution is -0.133. The smallest absolute Gasteiger partial charge is 0.254 e. The molecule has 1 aromatic carbocycles. The van der Waals surface area contributed by atoms with E-state index in [0.29, 0.717) is 29.3 Å². The number of allylic oxidation sites excluding steroid dienone is 1. The lowest BCUT2D eigenvalue weighted by Gasteiger charge is -2.25. The van der Waals surface area contributed by atoms with Crippen molar-refractivity contribution < 1.29 is 9.59 Å². The highest BCUT2D eigenvalue weighted by molar-refractivity contribution is 6.11. The Morgan fingerprint density at radius 3 is 2.76 bits per heavy atom. The SMILES string of the molecule is CC(C)Nc1c(C(=O)NCCC2CCCN2C(=O)C2CC2)cnc2ccc(/C(C=N)=C/N)cc12. The summed E-state index contributed by atoms with van der Waals surface area (Å²) in [5.74, 6) is 0.334. The van der Waals surface area contributed by atoms with Crippen LogP contribution in [0.15, 0.2) is 30.6 Å². The molecule has 2 amide bonds. The van der Waals surface area contributed by atoms with Crippen LogP contribution in [-0.4, -0.2) is 53.1 Å². The third-order valence-electron chi connectivity index (χ3n) is 6.56. The highest BCUT2D eigenvalue weighted by Crippen LogP contribution is 2.34. The van der Waals surface area contributed by atoms with Crippen LogP contribution in [0.4, 0.5) is 5.69 Å². The van der Waals surface area contributed by atoms with Crippen molar-refractivity contribution in [2.45, 2.75) is 58.0 Å². The quantitative estimate of drug-likeness (QED) is 0.425. The van der Waals surface area contributed by atoms with Crippen molar-refractivity contribution in [2.75, 3.05) is 18.4 Å². The zero-order chi connectivity index (χ0) is 24.2. The number of nitrogens with zero attached hydrogens (tertiary/aromatic N) is 2. The Kier molecular flexibility index (Phi) is 7.14. The number of amides is 2. The average Bonchev–Trinajstić information content (AvgIpc) is 3.57. The monoisotopic (exact) mass is 462 g/mol. The van der Waals surface area contributed by atoms with E-state index in [1.807, 2.05) is 36.9 Å². The summed E-state index contributed by atoms with van der Waals surface area (Å²) in [5, 5.41) is 14.9. The summed E-state index contributed by atoms with van der Waals surface area (Å²) < 4.78 is 0. The molecule has 1 atom stereocenters. The molecule has 2 aliphatic rings. The van der Waals surface area contributed by atoms with Crippen LogP contribution in [0.5, 0.6) is 0 Å². The average molecular weight is 463 g/mol. The molecule has 34 heavy (non-hydrogen) atoms. The second kappa shape index (κ2) is 10.2. The topological polar surface area (TPSA) is 124 Å². The number of fused-ring (bicyclic) bond motifs is 1. The largest absolute Gasteiger partial charge is 0.404 e. The zero-order valence-electron chi connectivity index (χ0n) is 19.9. The van der Waals surface area contributed by atoms with Crippen LogP contribution in [0, 0.1) is 11.3 Å². The number of aromatic nitrogens is 1. The Balaban J connectivity index is 1.53. The van der Waals surface area contributed by atoms with E-state index in [9.17, 15) is 9.59 Å². The number of nitrogens with one attached hydrogen (secondary N) is 3. The van der Waals surface area contributed by atoms with E-state index in [0.717, 1.165) is 55.1 Å². The van der Waals surface area contributed by atoms with Gasteiger partial charge in [-0.3, -0.25) is 14.6 Å². The van der Waals surface area contributed by atoms with Crippen molar-refractivity contribution in [3.63, 3.8) is 0 Å². The number of anilines is 1. The summed E-state index contributed by atoms with van der Waals surface area (Å²) in [4.78, 5) is 32.2. The van der Waals surface area contributed by atoms with Gasteiger partial charge in [0, 0.05) is 60.7 Å². The number of nitrogens with two attached hydrogens (primary N) is 1. The van der Waals surface area contributed by atoms with Crippen molar-refractivity contribution in [2.24, 2.45) is 11.7 Å². The summed E-state index contributed by atoms with van der Waals surface area (Å²) in [7, 11) is 0. The van der Waals surface area contributed by atoms with Crippen molar-refractivity contribution >= 4 is 40.2 Å². The highest BCUT2D eigenvalue weighted by Gasteiger charge is 2.38. The van der Waals surface area contributed by atoms with Gasteiger partial charge in [0.1, 0.15) is 0 Å². The molecule has 1 aliphatic heterocycles. The van der Waals surface area contributed by atoms with Gasteiger partial charge in [-0.1, -0.05) is 6.07 Å². The molecule has 8 nitrogen and oxygen atoms in total. The van der Waals surface area contributed by atoms with Gasteiger partial charge in [0.15, 0.2) is 0 Å². The molecule has 1 aliphatic carbocycles. The minimum absolute atomic E-state index is 0.105. The minimum atomic E-state index is -0.192. The van der Waals surface area contributed by atoms with Crippen LogP contribution in [0.25, 0.3) is 16.5 Å². The first-order chi connectivity index (χ1) is 16.4. The molecule has 5 N–H and O–H groups in total. The third-order valence-corrected chi connectivity index (χ3v) is 6.56. The number of carbonyl (C=O) groups excluding carboxylic acids is 2. The maximum Gasteiger partial charge on any atom is 0.254 e. The van der Waals surface area contributed by atoms with Crippen LogP contribution in [0.2, 0.25) is 0 Å². The summed E-state index contributed by atoms with van der Waals surface area (Å²) in [6.07, 6.45) is 9.04. The van der Waals surface area contributed by atoms with Gasteiger partial charge in [0.05, 0.1) is 16.8 Å². The van der Waals surface area contributed by atoms with Crippen LogP contribution < -0.4 is 16.4 Å². The summed E-state index contributed by atoms with van der Waals surface area (Å²) >= 11 is 0. The Bertz CT molecular complexity index is 1120. The van der Waals surface area contributed by atoms with Gasteiger partial charge in [0.25, 0.3) is 5.91 Å². The zero-order valence-corrected chi connectivity index (χ0v) is 19.9. The minimum Gasteiger partial charge on any atom is -0.404 e. The van der Waals surface area contributed by atoms with Gasteiger partial charge < -0.3 is 26.7 Å². The molecular weight excluding hydrogens is 428 g/mol. The van der Waals surface area contributed by atoms with Crippen molar-refractivity contribution in [3.8, 4) is 0 Å². The van der Waals surface area contributed by atoms with Crippen molar-refractivity contribution in [1.82, 2.24) is 15.2 Å². The fourth-order valence-electron chi connectivity index (χ4n) is 4.65. The number of hydrogen-bond donors (Lipinski definition) is 4. The second-order valence-corrected chi connectivity index (χ2v) is 9.49. The summed E-state index contributed by atoms with van der Waals surface area (Å²) in [6, 6.07) is 5.97. The van der Waals surface area contributed by atoms with E-state index in [4.69, 9.17) is 11.1 Å². The Morgan fingerprint density at radius 2 is 2.09 bits per heavy atom. The fourth-order valence-corrected chi connectivity index (χ4v) is 4.65. The molecular formula is C26H34N6O2. The van der Waals surface area contributed by atoms with E-state index in [2.05, 4.69) is 15.6 Å². The molecule has 2 aromatic rings. The van der Waals surface area contributed by atoms with Gasteiger partial charge in [-0.25, -0.2) is 0 Å². The van der Waals surface area contributed by atoms with Crippen molar-refractivity contribution in [1.29, 1.82) is 5.41 Å². The molecule has 1 aromatic heterocycles. The molecule has 0 spiro atoms. The molecule has 1 unspecified atom stereocenters. The number of benzene rings is 1. The number of hydrogen-bond acceptors (Lipinski definition) is 6. The lowest BCUT2D eigenvalue weighted by atomic mass is 10.0. The lowest BCUT2D eigenvalue weighted by Crippen LogP contribution is -2.39. The predicted molar refractivity (Wildman–Crippen MR) is 136 cm³/mol. The summed E-state index contributed by atoms with van der Waals surface area (Å²) in [6.45, 7) is 5.38. The molecule has 1 saturated carbocycles. The molecule has 2 fully saturated rings. The van der Waals surface area contributed by atoms with Gasteiger partial charge >= 0.3 is 0 Å². The molecule has 180 valence electrons. The third kappa shape index (κ3) is 5.05. The van der Waals surface area contributed by atoms with Crippen molar-refractivity contribution in [3.05, 3.63) is 41.7 Å². The first-order valence-corrected chi connectivity index (χ1v) is 12.1. The molecule has 4 rings (SSSR count). The standard InChI is InChI=1S/C26H34N6O2/c1-16(2)31-24-21-12-18(19(13-27)14-28)7-8-23(21)30-15-22(24)25(33)29-10-9-20-4-3-11-32(20)26(34)17-5-6-17/h7-8,12-17,20,27H,3-6,9-11,28H2,1-2H3,(H,29,33)(H,30,31)/b19-14+,27-13?. The number of pyridine rings is 1. The van der Waals surface area contributed by atoms with Crippen LogP contribution in [0.3, 0.4) is 0 Å². The predicted octanol–water partition coefficient (Wildman–Crippen LogP) is 3.53. The molecule has 1 saturated heterocycles. The van der Waals surface area contributed by atoms with Crippen LogP contribution >= 0.6 is 0 Å². The maximum atomic E-state index is 13.2. The van der Waals surface area contributed by atoms with Crippen LogP contribution in [0.1, 0.15) is 61.9 Å². The van der Waals surface area contributed by atoms with Gasteiger partial charge in [-0.05, 0) is 63.6 Å². The Hall–Kier alpha value is -3.42. The van der Waals surface area contributed by atoms with Gasteiger partial charge in [-0.2, -0.15) is 0 Å². The van der Waals surface area contributed by atoms with E-state index in [-0.39, 0.29) is 23.9 Å². The number of likely N-dealkylation sites (tertiary alicyclic amines) is 1. The number of rotatable bonds is 9. The molecule has 8 heteroatoms. The second-order valence-electron chi connectivity index (χ2n) is 9.49. The maximum absolute atomic E-state index is 13.2. The van der Waals surface area contributed by atoms with E-state index < -0.39 is 0 Å². The Labute approximate surface area is 200 Å². The molecule has 2 heterocycles. The van der Waals surface area contributed by atoms with E-state index >= 15 is 0 Å². The first-order valence-electron chi connectivity index (χ1n) is 12.1. The molecule has 0 radical (unpaired) electrons. The Morgan fingerprint density at radius 1 is 1.29 bits per heavy atom. The summed E-state index contributed by atoms with van der Waals surface area (Å²) in [5.41, 5.74) is 9.00. The van der Waals surface area contributed by atoms with E-state index in [1.54, 1.807) is 6.20 Å². The first kappa shape index (κ1) is 23.7. The van der Waals surface area contributed by atoms with E-state index in [1.165, 1.54) is 12.4 Å².